The van der Waals surface area contributed by atoms with E-state index in [0.717, 1.165) is 23.0 Å². The van der Waals surface area contributed by atoms with E-state index in [1.165, 1.54) is 5.56 Å². The third-order valence-electron chi connectivity index (χ3n) is 3.59. The first-order valence-electron chi connectivity index (χ1n) is 7.91. The van der Waals surface area contributed by atoms with E-state index in [2.05, 4.69) is 60.6 Å². The van der Waals surface area contributed by atoms with Crippen molar-refractivity contribution in [3.05, 3.63) is 47.3 Å². The quantitative estimate of drug-likeness (QED) is 0.435. The summed E-state index contributed by atoms with van der Waals surface area (Å²) in [5, 5.41) is 11.4. The van der Waals surface area contributed by atoms with Gasteiger partial charge >= 0.3 is 0 Å². The maximum atomic E-state index is 4.68. The number of aliphatic imine (C=N–C) groups is 1. The molecule has 0 aliphatic carbocycles. The van der Waals surface area contributed by atoms with Crippen LogP contribution in [-0.4, -0.2) is 28.3 Å². The number of aryl methyl sites for hydroxylation is 1. The maximum absolute atomic E-state index is 4.68. The van der Waals surface area contributed by atoms with E-state index >= 15 is 0 Å². The van der Waals surface area contributed by atoms with Gasteiger partial charge in [0.05, 0.1) is 11.4 Å². The Balaban J connectivity index is 0.00000288. The van der Waals surface area contributed by atoms with Crippen LogP contribution in [-0.2, 0) is 6.54 Å². The van der Waals surface area contributed by atoms with E-state index in [0.29, 0.717) is 6.54 Å². The number of aromatic nitrogens is 2. The van der Waals surface area contributed by atoms with E-state index in [1.54, 1.807) is 7.05 Å². The zero-order chi connectivity index (χ0) is 17.0. The summed E-state index contributed by atoms with van der Waals surface area (Å²) in [7, 11) is 1.79. The number of guanidine groups is 1. The molecule has 1 heterocycles. The van der Waals surface area contributed by atoms with Crippen molar-refractivity contribution in [2.24, 2.45) is 4.99 Å². The van der Waals surface area contributed by atoms with Crippen molar-refractivity contribution in [3.8, 4) is 5.69 Å². The smallest absolute Gasteiger partial charge is 0.191 e. The number of nitrogens with zero attached hydrogens (tertiary/aromatic N) is 3. The van der Waals surface area contributed by atoms with Gasteiger partial charge in [0, 0.05) is 30.4 Å². The SMILES string of the molecule is CN=C(NCc1c(C)nn(-c2ccccc2)c1C)NC(C)(C)C.I. The Morgan fingerprint density at radius 1 is 1.17 bits per heavy atom. The monoisotopic (exact) mass is 441 g/mol. The molecule has 2 rings (SSSR count). The van der Waals surface area contributed by atoms with Gasteiger partial charge in [0.2, 0.25) is 0 Å². The van der Waals surface area contributed by atoms with Crippen LogP contribution in [0.25, 0.3) is 5.69 Å². The van der Waals surface area contributed by atoms with Gasteiger partial charge in [0.15, 0.2) is 5.96 Å². The molecule has 0 radical (unpaired) electrons. The van der Waals surface area contributed by atoms with Crippen LogP contribution in [0.5, 0.6) is 0 Å². The van der Waals surface area contributed by atoms with Crippen LogP contribution in [0.1, 0.15) is 37.7 Å². The zero-order valence-electron chi connectivity index (χ0n) is 15.3. The second-order valence-electron chi connectivity index (χ2n) is 6.70. The van der Waals surface area contributed by atoms with Crippen molar-refractivity contribution in [2.45, 2.75) is 46.7 Å². The van der Waals surface area contributed by atoms with Crippen LogP contribution in [0.3, 0.4) is 0 Å². The van der Waals surface area contributed by atoms with Gasteiger partial charge in [-0.2, -0.15) is 5.10 Å². The summed E-state index contributed by atoms with van der Waals surface area (Å²) in [4.78, 5) is 4.28. The van der Waals surface area contributed by atoms with Gasteiger partial charge in [0.1, 0.15) is 0 Å². The third-order valence-corrected chi connectivity index (χ3v) is 3.59. The van der Waals surface area contributed by atoms with Crippen LogP contribution in [0, 0.1) is 13.8 Å². The molecule has 0 saturated heterocycles. The summed E-state index contributed by atoms with van der Waals surface area (Å²) in [5.74, 6) is 0.795. The lowest BCUT2D eigenvalue weighted by atomic mass is 10.1. The maximum Gasteiger partial charge on any atom is 0.191 e. The normalized spacial score (nSPS) is 11.8. The molecule has 1 aromatic heterocycles. The summed E-state index contributed by atoms with van der Waals surface area (Å²) < 4.78 is 1.99. The van der Waals surface area contributed by atoms with E-state index in [9.17, 15) is 0 Å². The largest absolute Gasteiger partial charge is 0.352 e. The standard InChI is InChI=1S/C18H27N5.HI/c1-13-16(12-20-17(19-6)21-18(3,4)5)14(2)23(22-13)15-10-8-7-9-11-15;/h7-11H,12H2,1-6H3,(H2,19,20,21);1H. The number of halogens is 1. The number of hydrogen-bond acceptors (Lipinski definition) is 2. The first kappa shape index (κ1) is 20.5. The molecule has 6 heteroatoms. The molecule has 0 bridgehead atoms. The molecular formula is C18H28IN5. The molecule has 24 heavy (non-hydrogen) atoms. The molecule has 0 fully saturated rings. The topological polar surface area (TPSA) is 54.2 Å². The molecule has 0 atom stereocenters. The highest BCUT2D eigenvalue weighted by Gasteiger charge is 2.15. The fraction of sp³-hybridized carbons (Fsp3) is 0.444. The Bertz CT molecular complexity index is 683. The number of para-hydroxylation sites is 1. The van der Waals surface area contributed by atoms with E-state index in [4.69, 9.17) is 0 Å². The Morgan fingerprint density at radius 2 is 1.79 bits per heavy atom. The number of rotatable bonds is 3. The molecule has 0 saturated carbocycles. The Hall–Kier alpha value is -1.57. The van der Waals surface area contributed by atoms with Crippen molar-refractivity contribution in [3.63, 3.8) is 0 Å². The molecule has 2 aromatic rings. The highest BCUT2D eigenvalue weighted by molar-refractivity contribution is 14.0. The highest BCUT2D eigenvalue weighted by atomic mass is 127. The lowest BCUT2D eigenvalue weighted by Crippen LogP contribution is -2.47. The average molecular weight is 441 g/mol. The lowest BCUT2D eigenvalue weighted by Gasteiger charge is -2.23. The first-order chi connectivity index (χ1) is 10.8. The minimum absolute atomic E-state index is 0. The van der Waals surface area contributed by atoms with Crippen LogP contribution < -0.4 is 10.6 Å². The summed E-state index contributed by atoms with van der Waals surface area (Å²) in [6.45, 7) is 11.2. The minimum atomic E-state index is -0.0276. The Morgan fingerprint density at radius 3 is 2.33 bits per heavy atom. The van der Waals surface area contributed by atoms with Gasteiger partial charge < -0.3 is 10.6 Å². The van der Waals surface area contributed by atoms with Gasteiger partial charge in [-0.25, -0.2) is 4.68 Å². The van der Waals surface area contributed by atoms with Crippen LogP contribution >= 0.6 is 24.0 Å². The van der Waals surface area contributed by atoms with E-state index in [1.807, 2.05) is 29.8 Å². The molecule has 0 aliphatic heterocycles. The second kappa shape index (κ2) is 8.50. The van der Waals surface area contributed by atoms with Gasteiger partial charge in [-0.05, 0) is 46.8 Å². The second-order valence-corrected chi connectivity index (χ2v) is 6.70. The predicted molar refractivity (Wildman–Crippen MR) is 112 cm³/mol. The fourth-order valence-electron chi connectivity index (χ4n) is 2.46. The summed E-state index contributed by atoms with van der Waals surface area (Å²) in [6, 6.07) is 10.2. The molecule has 132 valence electrons. The zero-order valence-corrected chi connectivity index (χ0v) is 17.7. The van der Waals surface area contributed by atoms with Crippen molar-refractivity contribution < 1.29 is 0 Å². The van der Waals surface area contributed by atoms with E-state index < -0.39 is 0 Å². The molecule has 5 nitrogen and oxygen atoms in total. The molecule has 0 aliphatic rings. The van der Waals surface area contributed by atoms with Crippen molar-refractivity contribution >= 4 is 29.9 Å². The predicted octanol–water partition coefficient (Wildman–Crippen LogP) is 3.57. The number of nitrogens with one attached hydrogen (secondary N) is 2. The Kier molecular flexibility index (Phi) is 7.26. The molecule has 2 N–H and O–H groups in total. The van der Waals surface area contributed by atoms with Crippen molar-refractivity contribution in [1.29, 1.82) is 0 Å². The molecule has 0 spiro atoms. The molecule has 1 aromatic carbocycles. The molecule has 0 unspecified atom stereocenters. The lowest BCUT2D eigenvalue weighted by molar-refractivity contribution is 0.501. The number of benzene rings is 1. The molecular weight excluding hydrogens is 413 g/mol. The van der Waals surface area contributed by atoms with Crippen molar-refractivity contribution in [1.82, 2.24) is 20.4 Å². The average Bonchev–Trinajstić information content (AvgIpc) is 2.78. The van der Waals surface area contributed by atoms with Crippen molar-refractivity contribution in [2.75, 3.05) is 7.05 Å². The minimum Gasteiger partial charge on any atom is -0.352 e. The van der Waals surface area contributed by atoms with Gasteiger partial charge in [-0.3, -0.25) is 4.99 Å². The third kappa shape index (κ3) is 5.22. The van der Waals surface area contributed by atoms with E-state index in [-0.39, 0.29) is 29.5 Å². The Labute approximate surface area is 162 Å². The highest BCUT2D eigenvalue weighted by Crippen LogP contribution is 2.17. The summed E-state index contributed by atoms with van der Waals surface area (Å²) >= 11 is 0. The van der Waals surface area contributed by atoms with Crippen LogP contribution in [0.2, 0.25) is 0 Å². The van der Waals surface area contributed by atoms with Crippen LogP contribution in [0.15, 0.2) is 35.3 Å². The first-order valence-corrected chi connectivity index (χ1v) is 7.91. The van der Waals surface area contributed by atoms with Crippen LogP contribution in [0.4, 0.5) is 0 Å². The van der Waals surface area contributed by atoms with Gasteiger partial charge in [-0.15, -0.1) is 24.0 Å². The number of hydrogen-bond donors (Lipinski definition) is 2. The fourth-order valence-corrected chi connectivity index (χ4v) is 2.46. The molecule has 0 amide bonds. The summed E-state index contributed by atoms with van der Waals surface area (Å²) in [6.07, 6.45) is 0. The van der Waals surface area contributed by atoms with Gasteiger partial charge in [-0.1, -0.05) is 18.2 Å². The van der Waals surface area contributed by atoms with Gasteiger partial charge in [0.25, 0.3) is 0 Å². The summed E-state index contributed by atoms with van der Waals surface area (Å²) in [5.41, 5.74) is 4.43.